The lowest BCUT2D eigenvalue weighted by atomic mass is 10.0. The monoisotopic (exact) mass is 385 g/mol. The molecule has 0 aliphatic carbocycles. The molecule has 2 aliphatic rings. The molecule has 0 spiro atoms. The first-order valence-electron chi connectivity index (χ1n) is 9.33. The third-order valence-corrected chi connectivity index (χ3v) is 5.37. The maximum Gasteiger partial charge on any atom is 0.397 e. The molecule has 27 heavy (non-hydrogen) atoms. The van der Waals surface area contributed by atoms with Gasteiger partial charge in [-0.25, -0.2) is 0 Å². The number of hydrogen-bond acceptors (Lipinski definition) is 4. The van der Waals surface area contributed by atoms with E-state index < -0.39 is 18.5 Å². The molecule has 1 amide bonds. The largest absolute Gasteiger partial charge is 0.497 e. The Morgan fingerprint density at radius 3 is 2.37 bits per heavy atom. The van der Waals surface area contributed by atoms with Crippen LogP contribution in [0.5, 0.6) is 5.75 Å². The van der Waals surface area contributed by atoms with Crippen molar-refractivity contribution >= 4 is 11.6 Å². The summed E-state index contributed by atoms with van der Waals surface area (Å²) in [6, 6.07) is 8.09. The van der Waals surface area contributed by atoms with Gasteiger partial charge in [-0.2, -0.15) is 13.2 Å². The molecule has 5 nitrogen and oxygen atoms in total. The van der Waals surface area contributed by atoms with E-state index in [0.717, 1.165) is 50.5 Å². The minimum absolute atomic E-state index is 0.147. The number of halogens is 3. The average molecular weight is 385 g/mol. The molecular formula is C19H26F3N3O2. The fourth-order valence-corrected chi connectivity index (χ4v) is 3.90. The average Bonchev–Trinajstić information content (AvgIpc) is 2.67. The molecule has 0 aromatic heterocycles. The molecule has 0 saturated carbocycles. The van der Waals surface area contributed by atoms with Crippen LogP contribution in [0.3, 0.4) is 0 Å². The number of piperidine rings is 1. The number of carbonyl (C=O) groups is 1. The molecular weight excluding hydrogens is 359 g/mol. The predicted molar refractivity (Wildman–Crippen MR) is 97.1 cm³/mol. The lowest BCUT2D eigenvalue weighted by molar-refractivity contribution is -0.162. The van der Waals surface area contributed by atoms with Crippen molar-refractivity contribution < 1.29 is 22.7 Å². The zero-order chi connectivity index (χ0) is 19.4. The van der Waals surface area contributed by atoms with Gasteiger partial charge in [0.1, 0.15) is 12.2 Å². The summed E-state index contributed by atoms with van der Waals surface area (Å²) in [6.45, 7) is 4.24. The standard InChI is InChI=1S/C19H26F3N3O2/c1-27-17-6-4-15(5-7-17)23-9-11-24(12-10-23)16-3-2-8-25(14-16)18(26)13-19(20,21)22/h4-7,16H,2-3,8-14H2,1H3. The van der Waals surface area contributed by atoms with E-state index >= 15 is 0 Å². The van der Waals surface area contributed by atoms with Crippen molar-refractivity contribution in [2.75, 3.05) is 51.3 Å². The van der Waals surface area contributed by atoms with Crippen LogP contribution in [0.25, 0.3) is 0 Å². The van der Waals surface area contributed by atoms with Crippen LogP contribution in [0.15, 0.2) is 24.3 Å². The molecule has 0 bridgehead atoms. The molecule has 0 radical (unpaired) electrons. The predicted octanol–water partition coefficient (Wildman–Crippen LogP) is 2.76. The zero-order valence-corrected chi connectivity index (χ0v) is 15.5. The molecule has 1 aromatic rings. The summed E-state index contributed by atoms with van der Waals surface area (Å²) >= 11 is 0. The van der Waals surface area contributed by atoms with Gasteiger partial charge in [0.05, 0.1) is 7.11 Å². The van der Waals surface area contributed by atoms with Crippen LogP contribution in [0.2, 0.25) is 0 Å². The summed E-state index contributed by atoms with van der Waals surface area (Å²) < 4.78 is 42.7. The van der Waals surface area contributed by atoms with E-state index in [4.69, 9.17) is 4.74 Å². The number of rotatable bonds is 4. The Kier molecular flexibility index (Phi) is 6.14. The summed E-state index contributed by atoms with van der Waals surface area (Å²) in [5, 5.41) is 0. The van der Waals surface area contributed by atoms with Crippen molar-refractivity contribution in [2.24, 2.45) is 0 Å². The third kappa shape index (κ3) is 5.28. The van der Waals surface area contributed by atoms with Gasteiger partial charge in [0.15, 0.2) is 0 Å². The van der Waals surface area contributed by atoms with Crippen LogP contribution >= 0.6 is 0 Å². The van der Waals surface area contributed by atoms with Crippen molar-refractivity contribution in [3.63, 3.8) is 0 Å². The van der Waals surface area contributed by atoms with Gasteiger partial charge < -0.3 is 14.5 Å². The summed E-state index contributed by atoms with van der Waals surface area (Å²) in [7, 11) is 1.64. The first-order chi connectivity index (χ1) is 12.9. The van der Waals surface area contributed by atoms with E-state index in [9.17, 15) is 18.0 Å². The number of nitrogens with zero attached hydrogens (tertiary/aromatic N) is 3. The Labute approximate surface area is 157 Å². The number of piperazine rings is 1. The van der Waals surface area contributed by atoms with Gasteiger partial charge in [0, 0.05) is 51.0 Å². The van der Waals surface area contributed by atoms with Crippen molar-refractivity contribution in [3.05, 3.63) is 24.3 Å². The highest BCUT2D eigenvalue weighted by Gasteiger charge is 2.36. The van der Waals surface area contributed by atoms with E-state index in [1.54, 1.807) is 7.11 Å². The molecule has 1 atom stereocenters. The molecule has 2 heterocycles. The Bertz CT molecular complexity index is 628. The smallest absolute Gasteiger partial charge is 0.397 e. The number of ether oxygens (including phenoxy) is 1. The Balaban J connectivity index is 1.52. The quantitative estimate of drug-likeness (QED) is 0.799. The molecule has 2 aliphatic heterocycles. The molecule has 1 aromatic carbocycles. The number of anilines is 1. The first kappa shape index (κ1) is 19.8. The molecule has 0 N–H and O–H groups in total. The summed E-state index contributed by atoms with van der Waals surface area (Å²) in [5.41, 5.74) is 1.14. The number of alkyl halides is 3. The lowest BCUT2D eigenvalue weighted by Crippen LogP contribution is -2.56. The van der Waals surface area contributed by atoms with Crippen LogP contribution in [0.1, 0.15) is 19.3 Å². The molecule has 150 valence electrons. The van der Waals surface area contributed by atoms with Gasteiger partial charge in [-0.05, 0) is 37.1 Å². The van der Waals surface area contributed by atoms with Gasteiger partial charge in [-0.3, -0.25) is 9.69 Å². The van der Waals surface area contributed by atoms with E-state index in [-0.39, 0.29) is 6.04 Å². The highest BCUT2D eigenvalue weighted by atomic mass is 19.4. The van der Waals surface area contributed by atoms with E-state index in [2.05, 4.69) is 9.80 Å². The molecule has 3 rings (SSSR count). The Morgan fingerprint density at radius 2 is 1.78 bits per heavy atom. The van der Waals surface area contributed by atoms with Crippen LogP contribution in [-0.4, -0.2) is 74.3 Å². The van der Waals surface area contributed by atoms with Crippen molar-refractivity contribution in [2.45, 2.75) is 31.5 Å². The zero-order valence-electron chi connectivity index (χ0n) is 15.5. The maximum absolute atomic E-state index is 12.5. The normalized spacial score (nSPS) is 22.0. The van der Waals surface area contributed by atoms with E-state index in [0.29, 0.717) is 13.1 Å². The van der Waals surface area contributed by atoms with Gasteiger partial charge >= 0.3 is 6.18 Å². The second-order valence-corrected chi connectivity index (χ2v) is 7.15. The number of amides is 1. The van der Waals surface area contributed by atoms with Crippen molar-refractivity contribution in [1.29, 1.82) is 0 Å². The first-order valence-corrected chi connectivity index (χ1v) is 9.33. The summed E-state index contributed by atoms with van der Waals surface area (Å²) in [4.78, 5) is 17.9. The van der Waals surface area contributed by atoms with Crippen LogP contribution < -0.4 is 9.64 Å². The van der Waals surface area contributed by atoms with Gasteiger partial charge in [-0.1, -0.05) is 0 Å². The fraction of sp³-hybridized carbons (Fsp3) is 0.632. The number of carbonyl (C=O) groups excluding carboxylic acids is 1. The minimum Gasteiger partial charge on any atom is -0.497 e. The fourth-order valence-electron chi connectivity index (χ4n) is 3.90. The maximum atomic E-state index is 12.5. The topological polar surface area (TPSA) is 36.0 Å². The number of benzene rings is 1. The highest BCUT2D eigenvalue weighted by Crippen LogP contribution is 2.25. The molecule has 8 heteroatoms. The SMILES string of the molecule is COc1ccc(N2CCN(C3CCCN(C(=O)CC(F)(F)F)C3)CC2)cc1. The number of methoxy groups -OCH3 is 1. The Morgan fingerprint density at radius 1 is 1.11 bits per heavy atom. The van der Waals surface area contributed by atoms with Crippen molar-refractivity contribution in [3.8, 4) is 5.75 Å². The van der Waals surface area contributed by atoms with Gasteiger partial charge in [0.25, 0.3) is 0 Å². The second-order valence-electron chi connectivity index (χ2n) is 7.15. The molecule has 2 fully saturated rings. The third-order valence-electron chi connectivity index (χ3n) is 5.37. The minimum atomic E-state index is -4.44. The molecule has 2 saturated heterocycles. The van der Waals surface area contributed by atoms with Gasteiger partial charge in [0.2, 0.25) is 5.91 Å². The lowest BCUT2D eigenvalue weighted by Gasteiger charge is -2.44. The highest BCUT2D eigenvalue weighted by molar-refractivity contribution is 5.77. The Hall–Kier alpha value is -1.96. The number of likely N-dealkylation sites (tertiary alicyclic amines) is 1. The van der Waals surface area contributed by atoms with E-state index in [1.165, 1.54) is 4.90 Å². The van der Waals surface area contributed by atoms with Crippen LogP contribution in [0.4, 0.5) is 18.9 Å². The van der Waals surface area contributed by atoms with Crippen molar-refractivity contribution in [1.82, 2.24) is 9.80 Å². The van der Waals surface area contributed by atoms with Crippen LogP contribution in [-0.2, 0) is 4.79 Å². The summed E-state index contributed by atoms with van der Waals surface area (Å²) in [5.74, 6) is 0.0206. The molecule has 1 unspecified atom stereocenters. The van der Waals surface area contributed by atoms with Gasteiger partial charge in [-0.15, -0.1) is 0 Å². The van der Waals surface area contributed by atoms with Crippen LogP contribution in [0, 0.1) is 0 Å². The summed E-state index contributed by atoms with van der Waals surface area (Å²) in [6.07, 6.45) is -4.11. The van der Waals surface area contributed by atoms with E-state index in [1.807, 2.05) is 24.3 Å². The second kappa shape index (κ2) is 8.37. The number of hydrogen-bond donors (Lipinski definition) is 0.